The van der Waals surface area contributed by atoms with Gasteiger partial charge < -0.3 is 31.9 Å². The van der Waals surface area contributed by atoms with E-state index in [1.165, 1.54) is 12.7 Å². The molecule has 2 aromatic heterocycles. The van der Waals surface area contributed by atoms with Crippen molar-refractivity contribution >= 4 is 76.0 Å². The molecule has 0 saturated heterocycles. The van der Waals surface area contributed by atoms with Crippen LogP contribution in [0.5, 0.6) is 0 Å². The number of hydrogen-bond donors (Lipinski definition) is 6. The van der Waals surface area contributed by atoms with Gasteiger partial charge in [-0.3, -0.25) is 0 Å². The molecule has 10 nitrogen and oxygen atoms in total. The molecular formula is C26H32Cl4N8O2. The van der Waals surface area contributed by atoms with E-state index in [9.17, 15) is 0 Å². The van der Waals surface area contributed by atoms with Gasteiger partial charge in [0.15, 0.2) is 0 Å². The van der Waals surface area contributed by atoms with Crippen molar-refractivity contribution < 1.29 is 10.2 Å². The summed E-state index contributed by atoms with van der Waals surface area (Å²) in [6.45, 7) is 1.64. The summed E-state index contributed by atoms with van der Waals surface area (Å²) in [5, 5.41) is 27.8. The minimum absolute atomic E-state index is 0. The van der Waals surface area contributed by atoms with E-state index < -0.39 is 0 Å². The zero-order valence-corrected chi connectivity index (χ0v) is 24.6. The number of aliphatic hydroxyl groups is 2. The highest BCUT2D eigenvalue weighted by atomic mass is 35.5. The molecule has 0 amide bonds. The van der Waals surface area contributed by atoms with Crippen molar-refractivity contribution in [3.8, 4) is 0 Å². The van der Waals surface area contributed by atoms with E-state index in [4.69, 9.17) is 50.7 Å². The molecule has 2 aromatic carbocycles. The van der Waals surface area contributed by atoms with E-state index in [2.05, 4.69) is 35.9 Å². The first kappa shape index (κ1) is 35.1. The van der Waals surface area contributed by atoms with Crippen LogP contribution in [0.25, 0.3) is 0 Å². The maximum absolute atomic E-state index is 8.72. The fourth-order valence-electron chi connectivity index (χ4n) is 2.74. The molecule has 0 fully saturated rings. The number of rotatable bonds is 10. The normalized spacial score (nSPS) is 9.65. The van der Waals surface area contributed by atoms with Gasteiger partial charge in [-0.05, 0) is 55.8 Å². The monoisotopic (exact) mass is 628 g/mol. The van der Waals surface area contributed by atoms with Gasteiger partial charge in [-0.2, -0.15) is 0 Å². The molecule has 14 heteroatoms. The molecule has 4 rings (SSSR count). The zero-order valence-electron chi connectivity index (χ0n) is 21.5. The first-order chi connectivity index (χ1) is 18.9. The fourth-order valence-corrected chi connectivity index (χ4v) is 3.27. The Bertz CT molecular complexity index is 1210. The van der Waals surface area contributed by atoms with E-state index in [1.807, 2.05) is 36.4 Å². The number of halogens is 4. The Kier molecular flexibility index (Phi) is 18.3. The lowest BCUT2D eigenvalue weighted by molar-refractivity contribution is 0.291. The lowest BCUT2D eigenvalue weighted by atomic mass is 10.3. The van der Waals surface area contributed by atoms with E-state index in [1.54, 1.807) is 24.3 Å². The van der Waals surface area contributed by atoms with Gasteiger partial charge in [-0.25, -0.2) is 19.9 Å². The minimum atomic E-state index is 0. The van der Waals surface area contributed by atoms with E-state index >= 15 is 0 Å². The molecule has 0 radical (unpaired) electrons. The molecule has 0 aliphatic rings. The average molecular weight is 630 g/mol. The Morgan fingerprint density at radius 1 is 0.675 bits per heavy atom. The van der Waals surface area contributed by atoms with Crippen molar-refractivity contribution in [2.45, 2.75) is 12.8 Å². The van der Waals surface area contributed by atoms with Gasteiger partial charge in [0.25, 0.3) is 0 Å². The van der Waals surface area contributed by atoms with Crippen LogP contribution in [-0.2, 0) is 0 Å². The molecule has 4 aromatic rings. The van der Waals surface area contributed by atoms with Crippen LogP contribution in [0.15, 0.2) is 73.3 Å². The van der Waals surface area contributed by atoms with Crippen LogP contribution in [0.1, 0.15) is 12.8 Å². The first-order valence-corrected chi connectivity index (χ1v) is 13.1. The number of nitrogens with zero attached hydrogens (tertiary/aromatic N) is 4. The Labute approximate surface area is 254 Å². The molecule has 0 aliphatic heterocycles. The summed E-state index contributed by atoms with van der Waals surface area (Å²) in [6, 6.07) is 18.2. The number of nitrogens with two attached hydrogens (primary N) is 1. The first-order valence-electron chi connectivity index (χ1n) is 11.9. The summed E-state index contributed by atoms with van der Waals surface area (Å²) < 4.78 is 0. The van der Waals surface area contributed by atoms with Crippen LogP contribution >= 0.6 is 47.2 Å². The molecule has 0 spiro atoms. The average Bonchev–Trinajstić information content (AvgIpc) is 2.90. The number of aliphatic hydroxyl groups excluding tert-OH is 2. The summed E-state index contributed by atoms with van der Waals surface area (Å²) >= 11 is 17.5. The van der Waals surface area contributed by atoms with Crippen LogP contribution < -0.4 is 21.7 Å². The number of aromatic nitrogens is 4. The maximum Gasteiger partial charge on any atom is 0.135 e. The molecule has 40 heavy (non-hydrogen) atoms. The van der Waals surface area contributed by atoms with Gasteiger partial charge in [-0.15, -0.1) is 12.4 Å². The summed E-state index contributed by atoms with van der Waals surface area (Å²) in [5.41, 5.74) is 6.71. The molecule has 216 valence electrons. The Hall–Kier alpha value is -2.96. The number of nitrogens with one attached hydrogen (secondary N) is 3. The van der Waals surface area contributed by atoms with Crippen molar-refractivity contribution in [2.24, 2.45) is 5.73 Å². The largest absolute Gasteiger partial charge is 0.396 e. The van der Waals surface area contributed by atoms with Crippen LogP contribution in [-0.4, -0.2) is 56.5 Å². The second-order valence-corrected chi connectivity index (χ2v) is 8.92. The van der Waals surface area contributed by atoms with Crippen molar-refractivity contribution in [1.29, 1.82) is 0 Å². The molecule has 0 saturated carbocycles. The summed E-state index contributed by atoms with van der Waals surface area (Å²) in [5.74, 6) is 2.04. The SMILES string of the molecule is Cl.Clc1cccc(Nc2cc(Cl)ncn2)c1.NCCCO.OCCCNc1cc(Nc2cccc(Cl)c2)ncn1. The molecule has 7 N–H and O–H groups in total. The zero-order chi connectivity index (χ0) is 28.3. The van der Waals surface area contributed by atoms with Crippen molar-refractivity contribution in [3.63, 3.8) is 0 Å². The predicted molar refractivity (Wildman–Crippen MR) is 167 cm³/mol. The highest BCUT2D eigenvalue weighted by Gasteiger charge is 2.00. The van der Waals surface area contributed by atoms with Crippen LogP contribution in [0, 0.1) is 0 Å². The quantitative estimate of drug-likeness (QED) is 0.0916. The smallest absolute Gasteiger partial charge is 0.135 e. The van der Waals surface area contributed by atoms with Crippen LogP contribution in [0.3, 0.4) is 0 Å². The highest BCUT2D eigenvalue weighted by Crippen LogP contribution is 2.20. The standard InChI is InChI=1S/C13H15ClN4O.C10H7Cl2N3.C3H9NO.ClH/c14-10-3-1-4-11(7-10)18-13-8-12(16-9-17-13)15-5-2-6-19;11-7-2-1-3-8(4-7)15-10-5-9(12)13-6-14-10;4-2-1-3-5;/h1,3-4,7-9,19H,2,5-6H2,(H2,15,16,17,18);1-6H,(H,13,14,15);5H,1-4H2;1H. The van der Waals surface area contributed by atoms with Gasteiger partial charge in [0.2, 0.25) is 0 Å². The van der Waals surface area contributed by atoms with Crippen molar-refractivity contribution in [3.05, 3.63) is 88.5 Å². The summed E-state index contributed by atoms with van der Waals surface area (Å²) in [6.07, 6.45) is 4.28. The Morgan fingerprint density at radius 3 is 1.68 bits per heavy atom. The predicted octanol–water partition coefficient (Wildman–Crippen LogP) is 5.94. The third-order valence-electron chi connectivity index (χ3n) is 4.50. The Morgan fingerprint density at radius 2 is 1.20 bits per heavy atom. The second kappa shape index (κ2) is 20.9. The molecule has 0 bridgehead atoms. The second-order valence-electron chi connectivity index (χ2n) is 7.65. The van der Waals surface area contributed by atoms with Crippen LogP contribution in [0.2, 0.25) is 15.2 Å². The fraction of sp³-hybridized carbons (Fsp3) is 0.231. The van der Waals surface area contributed by atoms with Crippen molar-refractivity contribution in [2.75, 3.05) is 42.3 Å². The van der Waals surface area contributed by atoms with Gasteiger partial charge in [0.05, 0.1) is 0 Å². The van der Waals surface area contributed by atoms with Gasteiger partial charge in [0, 0.05) is 53.3 Å². The Balaban J connectivity index is 0.000000341. The lowest BCUT2D eigenvalue weighted by Gasteiger charge is -2.08. The van der Waals surface area contributed by atoms with E-state index in [0.717, 1.165) is 17.8 Å². The third-order valence-corrected chi connectivity index (χ3v) is 5.17. The van der Waals surface area contributed by atoms with Crippen molar-refractivity contribution in [1.82, 2.24) is 19.9 Å². The van der Waals surface area contributed by atoms with E-state index in [0.29, 0.717) is 52.2 Å². The minimum Gasteiger partial charge on any atom is -0.396 e. The van der Waals surface area contributed by atoms with Gasteiger partial charge >= 0.3 is 0 Å². The third kappa shape index (κ3) is 15.0. The molecule has 2 heterocycles. The molecule has 0 atom stereocenters. The van der Waals surface area contributed by atoms with Gasteiger partial charge in [0.1, 0.15) is 35.3 Å². The molecule has 0 unspecified atom stereocenters. The number of anilines is 5. The number of benzene rings is 2. The van der Waals surface area contributed by atoms with Gasteiger partial charge in [-0.1, -0.05) is 46.9 Å². The topological polar surface area (TPSA) is 154 Å². The lowest BCUT2D eigenvalue weighted by Crippen LogP contribution is -2.06. The molecule has 0 aliphatic carbocycles. The highest BCUT2D eigenvalue weighted by molar-refractivity contribution is 6.31. The number of hydrogen-bond acceptors (Lipinski definition) is 10. The maximum atomic E-state index is 8.72. The molecular weight excluding hydrogens is 598 g/mol. The van der Waals surface area contributed by atoms with Crippen LogP contribution in [0.4, 0.5) is 28.8 Å². The summed E-state index contributed by atoms with van der Waals surface area (Å²) in [4.78, 5) is 16.0. The summed E-state index contributed by atoms with van der Waals surface area (Å²) in [7, 11) is 0. The van der Waals surface area contributed by atoms with E-state index in [-0.39, 0.29) is 25.6 Å².